The fourth-order valence-corrected chi connectivity index (χ4v) is 3.77. The lowest BCUT2D eigenvalue weighted by molar-refractivity contribution is -0.133. The van der Waals surface area contributed by atoms with Crippen molar-refractivity contribution in [3.8, 4) is 0 Å². The van der Waals surface area contributed by atoms with E-state index in [0.717, 1.165) is 24.0 Å². The molecule has 0 saturated carbocycles. The smallest absolute Gasteiger partial charge is 0.327 e. The van der Waals surface area contributed by atoms with Gasteiger partial charge in [0, 0.05) is 20.0 Å². The molecule has 0 spiro atoms. The molecular weight excluding hydrogens is 306 g/mol. The molecule has 0 aromatic heterocycles. The Kier molecular flexibility index (Phi) is 4.30. The molecule has 0 unspecified atom stereocenters. The summed E-state index contributed by atoms with van der Waals surface area (Å²) in [5.74, 6) is -0.157. The summed E-state index contributed by atoms with van der Waals surface area (Å²) < 4.78 is 0. The third-order valence-electron chi connectivity index (χ3n) is 5.05. The Morgan fingerprint density at radius 1 is 1.29 bits per heavy atom. The van der Waals surface area contributed by atoms with Gasteiger partial charge in [-0.3, -0.25) is 14.5 Å². The second kappa shape index (κ2) is 6.26. The van der Waals surface area contributed by atoms with Crippen LogP contribution in [0.25, 0.3) is 0 Å². The second-order valence-electron chi connectivity index (χ2n) is 6.54. The number of imide groups is 1. The van der Waals surface area contributed by atoms with Crippen molar-refractivity contribution in [3.05, 3.63) is 35.4 Å². The molecule has 128 valence electrons. The third kappa shape index (κ3) is 2.66. The summed E-state index contributed by atoms with van der Waals surface area (Å²) in [5.41, 5.74) is 1.23. The van der Waals surface area contributed by atoms with Gasteiger partial charge in [0.1, 0.15) is 5.54 Å². The average molecular weight is 329 g/mol. The molecular formula is C18H23N3O3. The maximum atomic E-state index is 12.9. The third-order valence-corrected chi connectivity index (χ3v) is 5.05. The van der Waals surface area contributed by atoms with Crippen molar-refractivity contribution in [2.75, 3.05) is 6.54 Å². The Morgan fingerprint density at radius 3 is 2.71 bits per heavy atom. The minimum Gasteiger partial charge on any atom is -0.352 e. The highest BCUT2D eigenvalue weighted by Crippen LogP contribution is 2.40. The Labute approximate surface area is 141 Å². The summed E-state index contributed by atoms with van der Waals surface area (Å²) in [7, 11) is 0. The number of hydrogen-bond donors (Lipinski definition) is 1. The van der Waals surface area contributed by atoms with Crippen molar-refractivity contribution in [2.45, 2.75) is 51.7 Å². The molecule has 24 heavy (non-hydrogen) atoms. The highest BCUT2D eigenvalue weighted by Gasteiger charge is 2.58. The Balaban J connectivity index is 1.77. The highest BCUT2D eigenvalue weighted by atomic mass is 16.2. The molecule has 1 aromatic rings. The fourth-order valence-electron chi connectivity index (χ4n) is 3.77. The van der Waals surface area contributed by atoms with Crippen molar-refractivity contribution in [2.24, 2.45) is 0 Å². The van der Waals surface area contributed by atoms with Gasteiger partial charge in [-0.25, -0.2) is 4.79 Å². The van der Waals surface area contributed by atoms with Gasteiger partial charge in [0.2, 0.25) is 5.91 Å². The summed E-state index contributed by atoms with van der Waals surface area (Å²) in [6, 6.07) is 7.46. The molecule has 1 atom stereocenters. The molecule has 0 aliphatic carbocycles. The van der Waals surface area contributed by atoms with Crippen LogP contribution in [0, 0.1) is 0 Å². The molecule has 1 aromatic carbocycles. The number of carbonyl (C=O) groups excluding carboxylic acids is 3. The zero-order chi connectivity index (χ0) is 17.3. The largest absolute Gasteiger partial charge is 0.352 e. The van der Waals surface area contributed by atoms with Crippen LogP contribution >= 0.6 is 0 Å². The standard InChI is InChI=1S/C18H23N3O3/c1-3-18-8-5-9-21(18)17(24)20(16(18)23)12-15-7-4-6-14(10-15)11-19-13(2)22/h4,6-7,10H,3,5,8-9,11-12H2,1-2H3,(H,19,22)/t18-/m0/s1. The second-order valence-corrected chi connectivity index (χ2v) is 6.54. The van der Waals surface area contributed by atoms with Gasteiger partial charge in [0.05, 0.1) is 6.54 Å². The first kappa shape index (κ1) is 16.5. The molecule has 1 N–H and O–H groups in total. The zero-order valence-corrected chi connectivity index (χ0v) is 14.2. The summed E-state index contributed by atoms with van der Waals surface area (Å²) >= 11 is 0. The predicted molar refractivity (Wildman–Crippen MR) is 88.9 cm³/mol. The maximum Gasteiger partial charge on any atom is 0.327 e. The first-order valence-electron chi connectivity index (χ1n) is 8.44. The van der Waals surface area contributed by atoms with E-state index in [2.05, 4.69) is 5.32 Å². The summed E-state index contributed by atoms with van der Waals surface area (Å²) in [5, 5.41) is 2.75. The lowest BCUT2D eigenvalue weighted by Crippen LogP contribution is -2.44. The minimum atomic E-state index is -0.620. The molecule has 2 saturated heterocycles. The normalized spacial score (nSPS) is 22.9. The van der Waals surface area contributed by atoms with E-state index < -0.39 is 5.54 Å². The predicted octanol–water partition coefficient (Wildman–Crippen LogP) is 2.03. The topological polar surface area (TPSA) is 69.7 Å². The van der Waals surface area contributed by atoms with Crippen molar-refractivity contribution in [1.82, 2.24) is 15.1 Å². The molecule has 0 radical (unpaired) electrons. The number of fused-ring (bicyclic) bond motifs is 1. The Hall–Kier alpha value is -2.37. The van der Waals surface area contributed by atoms with Crippen LogP contribution in [0.4, 0.5) is 4.79 Å². The molecule has 3 rings (SSSR count). The molecule has 6 heteroatoms. The van der Waals surface area contributed by atoms with Gasteiger partial charge < -0.3 is 10.2 Å². The van der Waals surface area contributed by atoms with Crippen molar-refractivity contribution in [1.29, 1.82) is 0 Å². The van der Waals surface area contributed by atoms with Crippen LogP contribution in [0.3, 0.4) is 0 Å². The minimum absolute atomic E-state index is 0.0697. The average Bonchev–Trinajstić information content (AvgIpc) is 3.08. The SMILES string of the molecule is CC[C@@]12CCCN1C(=O)N(Cc1cccc(CNC(C)=O)c1)C2=O. The van der Waals surface area contributed by atoms with Gasteiger partial charge in [0.15, 0.2) is 0 Å². The van der Waals surface area contributed by atoms with Crippen LogP contribution in [-0.4, -0.2) is 39.7 Å². The number of rotatable bonds is 5. The number of hydrogen-bond acceptors (Lipinski definition) is 3. The van der Waals surface area contributed by atoms with E-state index in [1.54, 1.807) is 4.90 Å². The summed E-state index contributed by atoms with van der Waals surface area (Å²) in [6.45, 7) is 4.83. The van der Waals surface area contributed by atoms with E-state index in [4.69, 9.17) is 0 Å². The van der Waals surface area contributed by atoms with Crippen molar-refractivity contribution in [3.63, 3.8) is 0 Å². The molecule has 2 heterocycles. The van der Waals surface area contributed by atoms with Gasteiger partial charge in [0.25, 0.3) is 5.91 Å². The lowest BCUT2D eigenvalue weighted by Gasteiger charge is -2.26. The van der Waals surface area contributed by atoms with Crippen LogP contribution in [0.5, 0.6) is 0 Å². The zero-order valence-electron chi connectivity index (χ0n) is 14.2. The molecule has 2 aliphatic rings. The van der Waals surface area contributed by atoms with E-state index in [-0.39, 0.29) is 24.4 Å². The summed E-state index contributed by atoms with van der Waals surface area (Å²) in [6.07, 6.45) is 2.31. The van der Waals surface area contributed by atoms with Crippen molar-refractivity contribution < 1.29 is 14.4 Å². The van der Waals surface area contributed by atoms with Crippen LogP contribution in [0.2, 0.25) is 0 Å². The number of nitrogens with one attached hydrogen (secondary N) is 1. The number of urea groups is 1. The lowest BCUT2D eigenvalue weighted by atomic mass is 9.93. The molecule has 2 aliphatic heterocycles. The van der Waals surface area contributed by atoms with Crippen LogP contribution in [0.15, 0.2) is 24.3 Å². The monoisotopic (exact) mass is 329 g/mol. The Bertz CT molecular complexity index is 688. The highest BCUT2D eigenvalue weighted by molar-refractivity contribution is 6.07. The van der Waals surface area contributed by atoms with Gasteiger partial charge in [-0.1, -0.05) is 31.2 Å². The fraction of sp³-hybridized carbons (Fsp3) is 0.500. The molecule has 2 fully saturated rings. The van der Waals surface area contributed by atoms with Crippen molar-refractivity contribution >= 4 is 17.8 Å². The van der Waals surface area contributed by atoms with E-state index in [0.29, 0.717) is 19.5 Å². The first-order chi connectivity index (χ1) is 11.5. The molecule has 0 bridgehead atoms. The number of carbonyl (C=O) groups is 3. The Morgan fingerprint density at radius 2 is 2.04 bits per heavy atom. The quantitative estimate of drug-likeness (QED) is 0.840. The van der Waals surface area contributed by atoms with E-state index in [1.165, 1.54) is 11.8 Å². The van der Waals surface area contributed by atoms with Gasteiger partial charge >= 0.3 is 6.03 Å². The number of amides is 4. The van der Waals surface area contributed by atoms with Gasteiger partial charge in [-0.2, -0.15) is 0 Å². The van der Waals surface area contributed by atoms with E-state index >= 15 is 0 Å². The first-order valence-corrected chi connectivity index (χ1v) is 8.44. The van der Waals surface area contributed by atoms with E-state index in [1.807, 2.05) is 31.2 Å². The maximum absolute atomic E-state index is 12.9. The molecule has 6 nitrogen and oxygen atoms in total. The van der Waals surface area contributed by atoms with E-state index in [9.17, 15) is 14.4 Å². The van der Waals surface area contributed by atoms with Crippen LogP contribution in [-0.2, 0) is 22.7 Å². The molecule has 4 amide bonds. The van der Waals surface area contributed by atoms with Gasteiger partial charge in [-0.15, -0.1) is 0 Å². The van der Waals surface area contributed by atoms with Crippen LogP contribution < -0.4 is 5.32 Å². The summed E-state index contributed by atoms with van der Waals surface area (Å²) in [4.78, 5) is 39.7. The number of benzene rings is 1. The van der Waals surface area contributed by atoms with Gasteiger partial charge in [-0.05, 0) is 30.4 Å². The van der Waals surface area contributed by atoms with Crippen LogP contribution in [0.1, 0.15) is 44.2 Å². The number of nitrogens with zero attached hydrogens (tertiary/aromatic N) is 2.